The molecule has 0 aliphatic heterocycles. The quantitative estimate of drug-likeness (QED) is 0.343. The third-order valence-electron chi connectivity index (χ3n) is 1.17. The average Bonchev–Trinajstić information content (AvgIpc) is 1.99. The molecule has 0 amide bonds. The Morgan fingerprint density at radius 2 is 2.18 bits per heavy atom. The van der Waals surface area contributed by atoms with Crippen molar-refractivity contribution in [3.63, 3.8) is 0 Å². The second-order valence-electron chi connectivity index (χ2n) is 2.36. The van der Waals surface area contributed by atoms with Crippen LogP contribution in [0, 0.1) is 17.2 Å². The topological polar surface area (TPSA) is 45.4 Å². The number of allylic oxidation sites excluding steroid dienone is 1. The van der Waals surface area contributed by atoms with Crippen molar-refractivity contribution in [2.75, 3.05) is 7.05 Å². The summed E-state index contributed by atoms with van der Waals surface area (Å²) < 4.78 is 5.00. The lowest BCUT2D eigenvalue weighted by atomic mass is 10.2. The van der Waals surface area contributed by atoms with Gasteiger partial charge in [0.2, 0.25) is 0 Å². The van der Waals surface area contributed by atoms with Crippen molar-refractivity contribution < 1.29 is 4.74 Å². The number of ether oxygens (including phenoxy) is 1. The Bertz CT molecular complexity index is 211. The normalized spacial score (nSPS) is 11.0. The molecule has 0 bridgehead atoms. The number of hydrogen-bond acceptors (Lipinski definition) is 3. The maximum atomic E-state index is 8.41. The molecule has 0 aromatic carbocycles. The van der Waals surface area contributed by atoms with Gasteiger partial charge < -0.3 is 4.74 Å². The first-order chi connectivity index (χ1) is 5.11. The van der Waals surface area contributed by atoms with Crippen LogP contribution in [0.5, 0.6) is 0 Å². The monoisotopic (exact) mass is 152 g/mol. The second kappa shape index (κ2) is 4.51. The summed E-state index contributed by atoms with van der Waals surface area (Å²) in [5.74, 6) is 0.830. The van der Waals surface area contributed by atoms with Crippen molar-refractivity contribution >= 4 is 5.90 Å². The zero-order valence-corrected chi connectivity index (χ0v) is 7.09. The molecule has 0 saturated heterocycles. The first-order valence-corrected chi connectivity index (χ1v) is 3.35. The molecule has 0 spiro atoms. The fourth-order valence-electron chi connectivity index (χ4n) is 0.360. The maximum absolute atomic E-state index is 8.41. The minimum atomic E-state index is 0.0590. The van der Waals surface area contributed by atoms with Crippen molar-refractivity contribution in [3.8, 4) is 6.07 Å². The lowest BCUT2D eigenvalue weighted by Gasteiger charge is -2.08. The van der Waals surface area contributed by atoms with Crippen molar-refractivity contribution in [1.29, 1.82) is 5.26 Å². The largest absolute Gasteiger partial charge is 0.436 e. The third-order valence-corrected chi connectivity index (χ3v) is 1.17. The predicted octanol–water partition coefficient (Wildman–Crippen LogP) is 1.72. The Labute approximate surface area is 67.0 Å². The molecule has 0 saturated carbocycles. The SMILES string of the molecule is C=C(O/C(C#N)=N\C)C(C)C. The lowest BCUT2D eigenvalue weighted by molar-refractivity contribution is 0.364. The summed E-state index contributed by atoms with van der Waals surface area (Å²) in [4.78, 5) is 3.60. The summed E-state index contributed by atoms with van der Waals surface area (Å²) in [6.45, 7) is 7.51. The van der Waals surface area contributed by atoms with E-state index in [1.165, 1.54) is 7.05 Å². The number of rotatable bonds is 2. The molecule has 3 heteroatoms. The van der Waals surface area contributed by atoms with Crippen LogP contribution in [-0.4, -0.2) is 12.9 Å². The van der Waals surface area contributed by atoms with E-state index < -0.39 is 0 Å². The summed E-state index contributed by atoms with van der Waals surface area (Å²) >= 11 is 0. The minimum Gasteiger partial charge on any atom is -0.436 e. The smallest absolute Gasteiger partial charge is 0.295 e. The summed E-state index contributed by atoms with van der Waals surface area (Å²) in [6.07, 6.45) is 0. The van der Waals surface area contributed by atoms with Gasteiger partial charge >= 0.3 is 0 Å². The fourth-order valence-corrected chi connectivity index (χ4v) is 0.360. The van der Waals surface area contributed by atoms with Gasteiger partial charge in [0, 0.05) is 13.0 Å². The van der Waals surface area contributed by atoms with Crippen LogP contribution in [0.1, 0.15) is 13.8 Å². The highest BCUT2D eigenvalue weighted by molar-refractivity contribution is 5.91. The van der Waals surface area contributed by atoms with Crippen molar-refractivity contribution in [1.82, 2.24) is 0 Å². The van der Waals surface area contributed by atoms with E-state index in [0.717, 1.165) is 0 Å². The average molecular weight is 152 g/mol. The number of nitrogens with zero attached hydrogens (tertiary/aromatic N) is 2. The highest BCUT2D eigenvalue weighted by Crippen LogP contribution is 2.07. The van der Waals surface area contributed by atoms with Gasteiger partial charge in [0.25, 0.3) is 5.90 Å². The Kier molecular flexibility index (Phi) is 3.97. The molecule has 0 N–H and O–H groups in total. The van der Waals surface area contributed by atoms with Crippen LogP contribution in [0.2, 0.25) is 0 Å². The van der Waals surface area contributed by atoms with E-state index in [2.05, 4.69) is 11.6 Å². The van der Waals surface area contributed by atoms with Crippen LogP contribution in [0.4, 0.5) is 0 Å². The van der Waals surface area contributed by atoms with Crippen LogP contribution in [0.3, 0.4) is 0 Å². The van der Waals surface area contributed by atoms with Gasteiger partial charge in [0.05, 0.1) is 0 Å². The first kappa shape index (κ1) is 9.70. The zero-order chi connectivity index (χ0) is 8.85. The van der Waals surface area contributed by atoms with Crippen LogP contribution >= 0.6 is 0 Å². The number of aliphatic imine (C=N–C) groups is 1. The predicted molar refractivity (Wildman–Crippen MR) is 44.0 cm³/mol. The standard InChI is InChI=1S/C8H12N2O/c1-6(2)7(3)11-8(5-9)10-4/h6H,3H2,1-2,4H3/b10-8-. The Balaban J connectivity index is 4.07. The zero-order valence-electron chi connectivity index (χ0n) is 7.09. The van der Waals surface area contributed by atoms with E-state index in [0.29, 0.717) is 5.76 Å². The minimum absolute atomic E-state index is 0.0590. The molecule has 11 heavy (non-hydrogen) atoms. The molecule has 0 aromatic rings. The van der Waals surface area contributed by atoms with Crippen molar-refractivity contribution in [2.45, 2.75) is 13.8 Å². The van der Waals surface area contributed by atoms with Crippen LogP contribution in [-0.2, 0) is 4.74 Å². The van der Waals surface area contributed by atoms with Crippen molar-refractivity contribution in [2.24, 2.45) is 10.9 Å². The van der Waals surface area contributed by atoms with Crippen LogP contribution in [0.15, 0.2) is 17.3 Å². The Morgan fingerprint density at radius 1 is 1.64 bits per heavy atom. The summed E-state index contributed by atoms with van der Waals surface area (Å²) in [7, 11) is 1.51. The highest BCUT2D eigenvalue weighted by atomic mass is 16.5. The molecule has 0 aliphatic rings. The van der Waals surface area contributed by atoms with Crippen LogP contribution < -0.4 is 0 Å². The lowest BCUT2D eigenvalue weighted by Crippen LogP contribution is -2.05. The van der Waals surface area contributed by atoms with Crippen molar-refractivity contribution in [3.05, 3.63) is 12.3 Å². The summed E-state index contributed by atoms with van der Waals surface area (Å²) in [6, 6.07) is 1.80. The van der Waals surface area contributed by atoms with Gasteiger partial charge in [-0.1, -0.05) is 20.4 Å². The molecule has 3 nitrogen and oxygen atoms in total. The summed E-state index contributed by atoms with van der Waals surface area (Å²) in [5, 5.41) is 8.41. The van der Waals surface area contributed by atoms with Gasteiger partial charge in [-0.25, -0.2) is 4.99 Å². The third kappa shape index (κ3) is 3.41. The Morgan fingerprint density at radius 3 is 2.45 bits per heavy atom. The molecule has 0 heterocycles. The molecular formula is C8H12N2O. The highest BCUT2D eigenvalue weighted by Gasteiger charge is 2.04. The summed E-state index contributed by atoms with van der Waals surface area (Å²) in [5.41, 5.74) is 0. The van der Waals surface area contributed by atoms with Gasteiger partial charge in [-0.15, -0.1) is 0 Å². The van der Waals surface area contributed by atoms with E-state index in [9.17, 15) is 0 Å². The van der Waals surface area contributed by atoms with Gasteiger partial charge in [-0.3, -0.25) is 0 Å². The van der Waals surface area contributed by atoms with Gasteiger partial charge in [0.15, 0.2) is 6.07 Å². The molecule has 0 radical (unpaired) electrons. The number of hydrogen-bond donors (Lipinski definition) is 0. The van der Waals surface area contributed by atoms with Crippen LogP contribution in [0.25, 0.3) is 0 Å². The molecule has 0 unspecified atom stereocenters. The molecule has 0 aromatic heterocycles. The second-order valence-corrected chi connectivity index (χ2v) is 2.36. The molecule has 0 atom stereocenters. The molecule has 0 rings (SSSR count). The fraction of sp³-hybridized carbons (Fsp3) is 0.500. The molecular weight excluding hydrogens is 140 g/mol. The molecule has 0 fully saturated rings. The maximum Gasteiger partial charge on any atom is 0.295 e. The van der Waals surface area contributed by atoms with E-state index in [1.807, 2.05) is 13.8 Å². The first-order valence-electron chi connectivity index (χ1n) is 3.35. The van der Waals surface area contributed by atoms with Gasteiger partial charge in [0.1, 0.15) is 5.76 Å². The van der Waals surface area contributed by atoms with E-state index in [-0.39, 0.29) is 11.8 Å². The van der Waals surface area contributed by atoms with Gasteiger partial charge in [-0.05, 0) is 0 Å². The van der Waals surface area contributed by atoms with E-state index in [1.54, 1.807) is 6.07 Å². The molecule has 0 aliphatic carbocycles. The van der Waals surface area contributed by atoms with E-state index >= 15 is 0 Å². The Hall–Kier alpha value is -1.30. The van der Waals surface area contributed by atoms with Gasteiger partial charge in [-0.2, -0.15) is 5.26 Å². The molecule has 60 valence electrons. The number of nitriles is 1. The van der Waals surface area contributed by atoms with E-state index in [4.69, 9.17) is 10.00 Å².